The highest BCUT2D eigenvalue weighted by atomic mass is 32.1. The molecule has 8 bridgehead atoms. The second-order valence-electron chi connectivity index (χ2n) is 18.6. The Labute approximate surface area is 422 Å². The molecular formula is C60H68N4S4. The maximum absolute atomic E-state index is 5.76. The lowest BCUT2D eigenvalue weighted by molar-refractivity contribution is 0.867. The molecule has 0 radical (unpaired) electrons. The van der Waals surface area contributed by atoms with E-state index < -0.39 is 0 Å². The quantitative estimate of drug-likeness (QED) is 0.0847. The van der Waals surface area contributed by atoms with Crippen molar-refractivity contribution in [3.8, 4) is 0 Å². The third-order valence-corrected chi connectivity index (χ3v) is 17.9. The van der Waals surface area contributed by atoms with Gasteiger partial charge in [0.25, 0.3) is 0 Å². The van der Waals surface area contributed by atoms with Crippen LogP contribution in [0.15, 0.2) is 113 Å². The minimum absolute atomic E-state index is 0.979. The molecule has 5 aliphatic heterocycles. The van der Waals surface area contributed by atoms with Gasteiger partial charge in [-0.15, -0.1) is 45.3 Å². The van der Waals surface area contributed by atoms with Crippen molar-refractivity contribution in [2.24, 2.45) is 20.0 Å². The third kappa shape index (κ3) is 9.28. The molecule has 4 aromatic heterocycles. The van der Waals surface area contributed by atoms with Crippen LogP contribution in [0.5, 0.6) is 0 Å². The van der Waals surface area contributed by atoms with Crippen LogP contribution in [0.1, 0.15) is 171 Å². The first-order valence-corrected chi connectivity index (χ1v) is 29.3. The standard InChI is InChI=1S/C60H68N4S4/c1-9-17-37-33-65-57(41(37)21-13-5)53-45-25-27-47(61-45)54(58-42(22-14-6)38(18-10-2)34-66-58)49-29-31-51(63-49)56(60-44(24-16-8)40(20-12-4)36-68-60)52-32-30-50(64-52)55(48-28-26-46(53)62-48)59-43(23-15-7)39(19-11-3)35-67-59/h25-36H,9-24H2,1-8H3. The molecule has 4 aromatic rings. The van der Waals surface area contributed by atoms with Gasteiger partial charge in [0.1, 0.15) is 0 Å². The Kier molecular flexibility index (Phi) is 15.7. The van der Waals surface area contributed by atoms with Crippen LogP contribution in [0, 0.1) is 0 Å². The lowest BCUT2D eigenvalue weighted by atomic mass is 9.96. The maximum Gasteiger partial charge on any atom is 0.0746 e. The van der Waals surface area contributed by atoms with Crippen LogP contribution in [-0.4, -0.2) is 22.8 Å². The number of nitrogens with zero attached hydrogens (tertiary/aromatic N) is 4. The summed E-state index contributed by atoms with van der Waals surface area (Å²) in [6, 6.07) is 0. The molecule has 352 valence electrons. The number of aryl methyl sites for hydroxylation is 4. The molecule has 0 aliphatic carbocycles. The summed E-state index contributed by atoms with van der Waals surface area (Å²) >= 11 is 7.51. The maximum atomic E-state index is 5.76. The summed E-state index contributed by atoms with van der Waals surface area (Å²) in [6.07, 6.45) is 35.4. The van der Waals surface area contributed by atoms with Gasteiger partial charge in [-0.3, -0.25) is 0 Å². The van der Waals surface area contributed by atoms with Crippen molar-refractivity contribution in [3.63, 3.8) is 0 Å². The number of rotatable bonds is 20. The highest BCUT2D eigenvalue weighted by Gasteiger charge is 2.32. The van der Waals surface area contributed by atoms with Crippen LogP contribution in [0.2, 0.25) is 0 Å². The summed E-state index contributed by atoms with van der Waals surface area (Å²) in [4.78, 5) is 28.3. The van der Waals surface area contributed by atoms with Crippen molar-refractivity contribution >= 4 is 90.5 Å². The van der Waals surface area contributed by atoms with E-state index in [2.05, 4.69) is 126 Å². The predicted molar refractivity (Wildman–Crippen MR) is 303 cm³/mol. The van der Waals surface area contributed by atoms with Crippen LogP contribution in [-0.2, 0) is 51.4 Å². The highest BCUT2D eigenvalue weighted by molar-refractivity contribution is 7.13. The first-order valence-electron chi connectivity index (χ1n) is 25.8. The molecule has 0 aromatic carbocycles. The molecule has 0 fully saturated rings. The fourth-order valence-electron chi connectivity index (χ4n) is 10.5. The van der Waals surface area contributed by atoms with Gasteiger partial charge in [0.15, 0.2) is 0 Å². The Balaban J connectivity index is 1.39. The van der Waals surface area contributed by atoms with E-state index in [9.17, 15) is 0 Å². The fraction of sp³-hybridized carbons (Fsp3) is 0.400. The van der Waals surface area contributed by atoms with E-state index >= 15 is 0 Å². The molecule has 0 saturated heterocycles. The Morgan fingerprint density at radius 2 is 0.485 bits per heavy atom. The topological polar surface area (TPSA) is 49.4 Å². The van der Waals surface area contributed by atoms with Crippen LogP contribution >= 0.6 is 45.3 Å². The van der Waals surface area contributed by atoms with Gasteiger partial charge in [0.2, 0.25) is 0 Å². The van der Waals surface area contributed by atoms with Crippen LogP contribution in [0.3, 0.4) is 0 Å². The van der Waals surface area contributed by atoms with E-state index in [1.165, 1.54) is 64.0 Å². The Morgan fingerprint density at radius 1 is 0.279 bits per heavy atom. The van der Waals surface area contributed by atoms with Gasteiger partial charge in [-0.25, -0.2) is 20.0 Å². The van der Waals surface area contributed by atoms with Gasteiger partial charge in [0, 0.05) is 41.8 Å². The molecule has 0 unspecified atom stereocenters. The number of fused-ring (bicyclic) bond motifs is 4. The average molecular weight is 973 g/mol. The number of hydrogen-bond donors (Lipinski definition) is 0. The lowest BCUT2D eigenvalue weighted by Gasteiger charge is -2.14. The summed E-state index contributed by atoms with van der Waals surface area (Å²) in [5.74, 6) is 0. The molecule has 0 spiro atoms. The second-order valence-corrected chi connectivity index (χ2v) is 22.2. The predicted octanol–water partition coefficient (Wildman–Crippen LogP) is 17.6. The molecular weight excluding hydrogens is 905 g/mol. The average Bonchev–Trinajstić information content (AvgIpc) is 4.20. The van der Waals surface area contributed by atoms with Gasteiger partial charge >= 0.3 is 0 Å². The molecule has 68 heavy (non-hydrogen) atoms. The first-order chi connectivity index (χ1) is 33.4. The Hall–Kier alpha value is -4.60. The minimum atomic E-state index is 0.979. The SMILES string of the molecule is CCCc1csc(C2=C3C=CC(=N3)C(c3scc(CCC)c3CCC)=C3C=CC(=N3)C(c3scc(CCC)c3CCC)=C3C=CC(=N3)C(c3scc(CCC)c3CCC)=C3C=CC2=N3)c1CCC. The van der Waals surface area contributed by atoms with Crippen LogP contribution in [0.4, 0.5) is 0 Å². The van der Waals surface area contributed by atoms with Gasteiger partial charge < -0.3 is 0 Å². The fourth-order valence-corrected chi connectivity index (χ4v) is 15.4. The number of hydrogen-bond acceptors (Lipinski definition) is 8. The Morgan fingerprint density at radius 3 is 0.676 bits per heavy atom. The molecule has 0 saturated carbocycles. The van der Waals surface area contributed by atoms with Crippen LogP contribution < -0.4 is 0 Å². The molecule has 5 aliphatic rings. The smallest absolute Gasteiger partial charge is 0.0746 e. The van der Waals surface area contributed by atoms with Gasteiger partial charge in [-0.2, -0.15) is 0 Å². The monoisotopic (exact) mass is 972 g/mol. The lowest BCUT2D eigenvalue weighted by Crippen LogP contribution is -2.05. The van der Waals surface area contributed by atoms with Crippen molar-refractivity contribution < 1.29 is 0 Å². The van der Waals surface area contributed by atoms with E-state index in [0.29, 0.717) is 0 Å². The molecule has 9 heterocycles. The number of thiophene rings is 4. The summed E-state index contributed by atoms with van der Waals surface area (Å²) in [5, 5.41) is 9.66. The molecule has 9 rings (SSSR count). The molecule has 8 heteroatoms. The summed E-state index contributed by atoms with van der Waals surface area (Å²) in [5.41, 5.74) is 24.1. The zero-order valence-electron chi connectivity index (χ0n) is 41.7. The van der Waals surface area contributed by atoms with Gasteiger partial charge in [-0.1, -0.05) is 107 Å². The minimum Gasteiger partial charge on any atom is -0.248 e. The van der Waals surface area contributed by atoms with E-state index in [-0.39, 0.29) is 0 Å². The molecule has 4 nitrogen and oxygen atoms in total. The van der Waals surface area contributed by atoms with E-state index in [0.717, 1.165) is 171 Å². The normalized spacial score (nSPS) is 16.5. The van der Waals surface area contributed by atoms with E-state index in [1.807, 2.05) is 45.3 Å². The third-order valence-electron chi connectivity index (χ3n) is 13.5. The first kappa shape index (κ1) is 48.4. The van der Waals surface area contributed by atoms with Crippen molar-refractivity contribution in [3.05, 3.63) is 157 Å². The second kappa shape index (κ2) is 22.0. The van der Waals surface area contributed by atoms with Gasteiger partial charge in [0.05, 0.1) is 45.6 Å². The largest absolute Gasteiger partial charge is 0.248 e. The van der Waals surface area contributed by atoms with Crippen molar-refractivity contribution in [1.82, 2.24) is 0 Å². The van der Waals surface area contributed by atoms with Crippen molar-refractivity contribution in [2.45, 2.75) is 158 Å². The van der Waals surface area contributed by atoms with Gasteiger partial charge in [-0.05, 0) is 166 Å². The summed E-state index contributed by atoms with van der Waals surface area (Å²) in [6.45, 7) is 18.4. The highest BCUT2D eigenvalue weighted by Crippen LogP contribution is 2.45. The summed E-state index contributed by atoms with van der Waals surface area (Å²) < 4.78 is 0. The van der Waals surface area contributed by atoms with Crippen LogP contribution in [0.25, 0.3) is 22.3 Å². The molecule has 0 amide bonds. The number of allylic oxidation sites excluding steroid dienone is 12. The zero-order chi connectivity index (χ0) is 47.3. The van der Waals surface area contributed by atoms with Crippen molar-refractivity contribution in [2.75, 3.05) is 0 Å². The molecule has 0 N–H and O–H groups in total. The summed E-state index contributed by atoms with van der Waals surface area (Å²) in [7, 11) is 0. The zero-order valence-corrected chi connectivity index (χ0v) is 44.9. The van der Waals surface area contributed by atoms with E-state index in [1.54, 1.807) is 0 Å². The number of aliphatic imine (C=N–C) groups is 4. The molecule has 0 atom stereocenters. The van der Waals surface area contributed by atoms with E-state index in [4.69, 9.17) is 20.0 Å². The Bertz CT molecular complexity index is 2570. The van der Waals surface area contributed by atoms with Crippen molar-refractivity contribution in [1.29, 1.82) is 0 Å².